The van der Waals surface area contributed by atoms with Crippen LogP contribution in [-0.4, -0.2) is 19.8 Å². The van der Waals surface area contributed by atoms with Crippen LogP contribution in [0.15, 0.2) is 70.3 Å². The molecule has 0 saturated heterocycles. The third-order valence-corrected chi connectivity index (χ3v) is 6.38. The van der Waals surface area contributed by atoms with E-state index in [0.717, 1.165) is 23.3 Å². The highest BCUT2D eigenvalue weighted by molar-refractivity contribution is 5.70. The number of methoxy groups -OCH3 is 2. The Morgan fingerprint density at radius 1 is 0.825 bits per heavy atom. The van der Waals surface area contributed by atoms with Gasteiger partial charge in [-0.3, -0.25) is 14.9 Å². The van der Waals surface area contributed by atoms with E-state index in [1.165, 1.54) is 6.07 Å². The van der Waals surface area contributed by atoms with Gasteiger partial charge in [0.1, 0.15) is 22.8 Å². The van der Waals surface area contributed by atoms with Crippen molar-refractivity contribution in [3.05, 3.63) is 109 Å². The SMILES string of the molecule is COc1ccc(C(NC(C)c2ccc(F)c(F)c2)c2cccc(Nc3c(OC(C)(C)C)c(=O)c3=O)c2)c(OC)c1. The number of hydrogen-bond acceptors (Lipinski definition) is 7. The second-order valence-corrected chi connectivity index (χ2v) is 10.4. The maximum atomic E-state index is 14.0. The second-order valence-electron chi connectivity index (χ2n) is 10.4. The van der Waals surface area contributed by atoms with Crippen LogP contribution in [0.2, 0.25) is 0 Å². The number of ether oxygens (including phenoxy) is 3. The lowest BCUT2D eigenvalue weighted by atomic mass is 9.95. The van der Waals surface area contributed by atoms with E-state index in [-0.39, 0.29) is 11.4 Å². The molecule has 0 amide bonds. The third kappa shape index (κ3) is 6.15. The van der Waals surface area contributed by atoms with Gasteiger partial charge in [0.2, 0.25) is 0 Å². The Kier molecular flexibility index (Phi) is 8.25. The van der Waals surface area contributed by atoms with Gasteiger partial charge in [-0.05, 0) is 75.2 Å². The van der Waals surface area contributed by atoms with Crippen molar-refractivity contribution in [2.45, 2.75) is 45.4 Å². The van der Waals surface area contributed by atoms with Crippen LogP contribution >= 0.6 is 0 Å². The molecule has 0 fully saturated rings. The molecule has 0 spiro atoms. The summed E-state index contributed by atoms with van der Waals surface area (Å²) in [7, 11) is 3.11. The molecule has 9 heteroatoms. The first kappa shape index (κ1) is 28.8. The Hall–Kier alpha value is -4.24. The minimum Gasteiger partial charge on any atom is -0.497 e. The van der Waals surface area contributed by atoms with E-state index in [9.17, 15) is 18.4 Å². The zero-order valence-electron chi connectivity index (χ0n) is 23.2. The van der Waals surface area contributed by atoms with Crippen LogP contribution in [0.5, 0.6) is 17.2 Å². The lowest BCUT2D eigenvalue weighted by Crippen LogP contribution is -2.39. The third-order valence-electron chi connectivity index (χ3n) is 6.38. The van der Waals surface area contributed by atoms with Crippen molar-refractivity contribution in [3.63, 3.8) is 0 Å². The number of rotatable bonds is 10. The Labute approximate surface area is 231 Å². The molecule has 0 radical (unpaired) electrons. The maximum absolute atomic E-state index is 14.0. The summed E-state index contributed by atoms with van der Waals surface area (Å²) in [5, 5.41) is 6.53. The molecular weight excluding hydrogens is 518 g/mol. The van der Waals surface area contributed by atoms with Crippen LogP contribution in [0.25, 0.3) is 0 Å². The monoisotopic (exact) mass is 550 g/mol. The molecule has 4 aromatic rings. The number of benzene rings is 3. The topological polar surface area (TPSA) is 85.9 Å². The van der Waals surface area contributed by atoms with Crippen molar-refractivity contribution < 1.29 is 23.0 Å². The summed E-state index contributed by atoms with van der Waals surface area (Å²) in [6.45, 7) is 7.22. The van der Waals surface area contributed by atoms with Gasteiger partial charge in [-0.2, -0.15) is 0 Å². The van der Waals surface area contributed by atoms with Crippen LogP contribution in [0.1, 0.15) is 56.5 Å². The minimum atomic E-state index is -0.933. The average Bonchev–Trinajstić information content (AvgIpc) is 2.94. The van der Waals surface area contributed by atoms with Gasteiger partial charge in [-0.25, -0.2) is 8.78 Å². The largest absolute Gasteiger partial charge is 0.497 e. The van der Waals surface area contributed by atoms with Crippen molar-refractivity contribution in [1.82, 2.24) is 5.32 Å². The fourth-order valence-corrected chi connectivity index (χ4v) is 4.38. The summed E-state index contributed by atoms with van der Waals surface area (Å²) in [4.78, 5) is 24.5. The van der Waals surface area contributed by atoms with Crippen LogP contribution in [0.3, 0.4) is 0 Å². The lowest BCUT2D eigenvalue weighted by Gasteiger charge is -2.27. The molecular formula is C31H32F2N2O5. The first-order chi connectivity index (χ1) is 18.9. The fourth-order valence-electron chi connectivity index (χ4n) is 4.38. The first-order valence-electron chi connectivity index (χ1n) is 12.7. The fraction of sp³-hybridized carbons (Fsp3) is 0.290. The summed E-state index contributed by atoms with van der Waals surface area (Å²) < 4.78 is 44.3. The molecule has 0 heterocycles. The summed E-state index contributed by atoms with van der Waals surface area (Å²) >= 11 is 0. The number of anilines is 2. The average molecular weight is 551 g/mol. The molecule has 40 heavy (non-hydrogen) atoms. The van der Waals surface area contributed by atoms with Crippen molar-refractivity contribution in [1.29, 1.82) is 0 Å². The van der Waals surface area contributed by atoms with Crippen LogP contribution in [-0.2, 0) is 0 Å². The second kappa shape index (κ2) is 11.5. The molecule has 0 aliphatic heterocycles. The Morgan fingerprint density at radius 3 is 2.23 bits per heavy atom. The highest BCUT2D eigenvalue weighted by Gasteiger charge is 2.28. The van der Waals surface area contributed by atoms with Gasteiger partial charge in [0.25, 0.3) is 10.9 Å². The van der Waals surface area contributed by atoms with E-state index in [2.05, 4.69) is 10.6 Å². The molecule has 0 aliphatic carbocycles. The minimum absolute atomic E-state index is 0.00126. The summed E-state index contributed by atoms with van der Waals surface area (Å²) in [5.74, 6) is -0.694. The maximum Gasteiger partial charge on any atom is 0.272 e. The smallest absolute Gasteiger partial charge is 0.272 e. The lowest BCUT2D eigenvalue weighted by molar-refractivity contribution is 0.128. The molecule has 4 rings (SSSR count). The van der Waals surface area contributed by atoms with Crippen LogP contribution < -0.4 is 35.7 Å². The van der Waals surface area contributed by atoms with E-state index < -0.39 is 40.2 Å². The van der Waals surface area contributed by atoms with Crippen molar-refractivity contribution in [2.75, 3.05) is 19.5 Å². The van der Waals surface area contributed by atoms with E-state index >= 15 is 0 Å². The Bertz CT molecular complexity index is 1590. The first-order valence-corrected chi connectivity index (χ1v) is 12.7. The summed E-state index contributed by atoms with van der Waals surface area (Å²) in [6.07, 6.45) is 0. The predicted octanol–water partition coefficient (Wildman–Crippen LogP) is 5.94. The molecule has 2 atom stereocenters. The quantitative estimate of drug-likeness (QED) is 0.237. The molecule has 4 aromatic carbocycles. The van der Waals surface area contributed by atoms with Gasteiger partial charge in [-0.1, -0.05) is 18.2 Å². The predicted molar refractivity (Wildman–Crippen MR) is 151 cm³/mol. The van der Waals surface area contributed by atoms with Crippen molar-refractivity contribution in [3.8, 4) is 17.2 Å². The Balaban J connectivity index is 1.74. The van der Waals surface area contributed by atoms with E-state index in [0.29, 0.717) is 22.7 Å². The van der Waals surface area contributed by atoms with Crippen LogP contribution in [0.4, 0.5) is 20.2 Å². The highest BCUT2D eigenvalue weighted by Crippen LogP contribution is 2.36. The van der Waals surface area contributed by atoms with Crippen LogP contribution in [0, 0.1) is 11.6 Å². The van der Waals surface area contributed by atoms with Gasteiger partial charge in [-0.15, -0.1) is 0 Å². The Morgan fingerprint density at radius 2 is 1.57 bits per heavy atom. The molecule has 0 aromatic heterocycles. The highest BCUT2D eigenvalue weighted by atomic mass is 19.2. The standard InChI is InChI=1S/C31H32F2N2O5/c1-17(18-10-13-23(32)24(33)15-18)34-26(22-12-11-21(38-5)16-25(22)39-6)19-8-7-9-20(14-19)35-27-28(36)29(37)30(27)40-31(2,3)4/h7-17,26,34-35H,1-6H3. The zero-order valence-corrected chi connectivity index (χ0v) is 23.2. The van der Waals surface area contributed by atoms with Crippen molar-refractivity contribution >= 4 is 11.4 Å². The van der Waals surface area contributed by atoms with E-state index in [1.807, 2.05) is 25.1 Å². The molecule has 2 N–H and O–H groups in total. The molecule has 210 valence electrons. The molecule has 7 nitrogen and oxygen atoms in total. The molecule has 0 bridgehead atoms. The van der Waals surface area contributed by atoms with Gasteiger partial charge in [0.15, 0.2) is 17.4 Å². The van der Waals surface area contributed by atoms with E-state index in [4.69, 9.17) is 14.2 Å². The summed E-state index contributed by atoms with van der Waals surface area (Å²) in [5.41, 5.74) is 0.775. The van der Waals surface area contributed by atoms with Crippen molar-refractivity contribution in [2.24, 2.45) is 0 Å². The van der Waals surface area contributed by atoms with Gasteiger partial charge in [0, 0.05) is 23.4 Å². The molecule has 0 saturated carbocycles. The zero-order chi connectivity index (χ0) is 29.2. The van der Waals surface area contributed by atoms with E-state index in [1.54, 1.807) is 59.3 Å². The van der Waals surface area contributed by atoms with Gasteiger partial charge in [0.05, 0.1) is 20.3 Å². The number of hydrogen-bond donors (Lipinski definition) is 2. The number of halogens is 2. The normalized spacial score (nSPS) is 13.1. The van der Waals surface area contributed by atoms with Gasteiger partial charge < -0.3 is 19.5 Å². The number of nitrogens with one attached hydrogen (secondary N) is 2. The summed E-state index contributed by atoms with van der Waals surface area (Å²) in [6, 6.07) is 15.6. The van der Waals surface area contributed by atoms with Gasteiger partial charge >= 0.3 is 0 Å². The molecule has 0 aliphatic rings. The molecule has 2 unspecified atom stereocenters.